The summed E-state index contributed by atoms with van der Waals surface area (Å²) < 4.78 is 1.81. The quantitative estimate of drug-likeness (QED) is 0.859. The lowest BCUT2D eigenvalue weighted by molar-refractivity contribution is 0.572. The predicted octanol–water partition coefficient (Wildman–Crippen LogP) is 2.53. The maximum absolute atomic E-state index is 4.75. The Bertz CT molecular complexity index is 596. The lowest BCUT2D eigenvalue weighted by atomic mass is 10.1. The predicted molar refractivity (Wildman–Crippen MR) is 77.2 cm³/mol. The fraction of sp³-hybridized carbons (Fsp3) is 0.533. The molecule has 0 amide bonds. The van der Waals surface area contributed by atoms with Crippen LogP contribution >= 0.6 is 0 Å². The van der Waals surface area contributed by atoms with Gasteiger partial charge in [-0.15, -0.1) is 5.10 Å². The second-order valence-corrected chi connectivity index (χ2v) is 5.76. The molecule has 0 bridgehead atoms. The highest BCUT2D eigenvalue weighted by atomic mass is 15.4. The van der Waals surface area contributed by atoms with Crippen LogP contribution in [0.4, 0.5) is 5.82 Å². The number of piperidine rings is 1. The summed E-state index contributed by atoms with van der Waals surface area (Å²) in [5, 5.41) is 8.48. The molecular weight excluding hydrogens is 250 g/mol. The van der Waals surface area contributed by atoms with E-state index in [1.165, 1.54) is 32.1 Å². The largest absolute Gasteiger partial charge is 0.357 e. The number of nitrogens with zero attached hydrogens (tertiary/aromatic N) is 5. The van der Waals surface area contributed by atoms with Gasteiger partial charge in [0, 0.05) is 19.0 Å². The molecule has 2 fully saturated rings. The van der Waals surface area contributed by atoms with Gasteiger partial charge in [-0.25, -0.2) is 9.67 Å². The Labute approximate surface area is 118 Å². The lowest BCUT2D eigenvalue weighted by Crippen LogP contribution is -2.30. The fourth-order valence-electron chi connectivity index (χ4n) is 2.79. The number of rotatable bonds is 3. The van der Waals surface area contributed by atoms with Crippen LogP contribution in [0.3, 0.4) is 0 Å². The Kier molecular flexibility index (Phi) is 2.90. The molecule has 5 nitrogen and oxygen atoms in total. The van der Waals surface area contributed by atoms with Crippen LogP contribution in [0.1, 0.15) is 43.7 Å². The average Bonchev–Trinajstić information content (AvgIpc) is 3.26. The van der Waals surface area contributed by atoms with Gasteiger partial charge in [0.15, 0.2) is 5.82 Å². The van der Waals surface area contributed by atoms with E-state index < -0.39 is 0 Å². The minimum Gasteiger partial charge on any atom is -0.357 e. The lowest BCUT2D eigenvalue weighted by Gasteiger charge is -2.27. The number of anilines is 1. The Morgan fingerprint density at radius 1 is 1.00 bits per heavy atom. The van der Waals surface area contributed by atoms with Crippen molar-refractivity contribution in [3.8, 4) is 5.82 Å². The van der Waals surface area contributed by atoms with E-state index >= 15 is 0 Å². The molecule has 4 rings (SSSR count). The van der Waals surface area contributed by atoms with E-state index in [1.54, 1.807) is 4.68 Å². The molecule has 1 saturated heterocycles. The zero-order valence-electron chi connectivity index (χ0n) is 11.6. The van der Waals surface area contributed by atoms with Crippen LogP contribution in [0.2, 0.25) is 0 Å². The van der Waals surface area contributed by atoms with Crippen molar-refractivity contribution in [2.24, 2.45) is 0 Å². The second-order valence-electron chi connectivity index (χ2n) is 5.76. The van der Waals surface area contributed by atoms with Gasteiger partial charge in [0.05, 0.1) is 11.9 Å². The summed E-state index contributed by atoms with van der Waals surface area (Å²) in [7, 11) is 0. The summed E-state index contributed by atoms with van der Waals surface area (Å²) in [6.45, 7) is 2.22. The van der Waals surface area contributed by atoms with Gasteiger partial charge in [-0.1, -0.05) is 11.3 Å². The van der Waals surface area contributed by atoms with Gasteiger partial charge in [0.1, 0.15) is 5.82 Å². The first-order valence-electron chi connectivity index (χ1n) is 7.55. The summed E-state index contributed by atoms with van der Waals surface area (Å²) >= 11 is 0. The highest BCUT2D eigenvalue weighted by Gasteiger charge is 2.26. The van der Waals surface area contributed by atoms with Gasteiger partial charge in [-0.2, -0.15) is 0 Å². The van der Waals surface area contributed by atoms with Crippen molar-refractivity contribution < 1.29 is 0 Å². The number of hydrogen-bond donors (Lipinski definition) is 0. The molecule has 1 aliphatic heterocycles. The van der Waals surface area contributed by atoms with Crippen molar-refractivity contribution in [2.75, 3.05) is 18.0 Å². The molecule has 1 saturated carbocycles. The molecule has 2 aromatic heterocycles. The van der Waals surface area contributed by atoms with Crippen LogP contribution in [-0.2, 0) is 0 Å². The van der Waals surface area contributed by atoms with Gasteiger partial charge in [-0.3, -0.25) is 0 Å². The smallest absolute Gasteiger partial charge is 0.157 e. The number of pyridine rings is 1. The summed E-state index contributed by atoms with van der Waals surface area (Å²) in [5.41, 5.74) is 1.11. The van der Waals surface area contributed by atoms with Crippen LogP contribution in [0.15, 0.2) is 24.4 Å². The molecule has 2 aliphatic rings. The Balaban J connectivity index is 1.60. The molecule has 0 spiro atoms. The highest BCUT2D eigenvalue weighted by Crippen LogP contribution is 2.38. The number of hydrogen-bond acceptors (Lipinski definition) is 4. The third-order valence-electron chi connectivity index (χ3n) is 4.14. The molecule has 104 valence electrons. The summed E-state index contributed by atoms with van der Waals surface area (Å²) in [5.74, 6) is 2.56. The number of aromatic nitrogens is 4. The molecule has 0 atom stereocenters. The molecule has 3 heterocycles. The monoisotopic (exact) mass is 269 g/mol. The van der Waals surface area contributed by atoms with Crippen molar-refractivity contribution in [3.63, 3.8) is 0 Å². The SMILES string of the molecule is c1cc(N2CCCCC2)nc(-n2cc(C3CC3)nn2)c1. The Hall–Kier alpha value is -1.91. The molecule has 20 heavy (non-hydrogen) atoms. The standard InChI is InChI=1S/C15H19N5/c1-2-9-19(10-3-1)14-5-4-6-15(16-14)20-11-13(17-18-20)12-7-8-12/h4-6,11-12H,1-3,7-10H2. The van der Waals surface area contributed by atoms with E-state index in [4.69, 9.17) is 4.98 Å². The van der Waals surface area contributed by atoms with Crippen molar-refractivity contribution in [1.29, 1.82) is 0 Å². The molecular formula is C15H19N5. The first kappa shape index (κ1) is 11.9. The highest BCUT2D eigenvalue weighted by molar-refractivity contribution is 5.42. The van der Waals surface area contributed by atoms with Gasteiger partial charge >= 0.3 is 0 Å². The molecule has 5 heteroatoms. The van der Waals surface area contributed by atoms with Crippen molar-refractivity contribution in [2.45, 2.75) is 38.0 Å². The Morgan fingerprint density at radius 3 is 2.60 bits per heavy atom. The van der Waals surface area contributed by atoms with E-state index in [0.717, 1.165) is 30.4 Å². The van der Waals surface area contributed by atoms with Gasteiger partial charge in [0.25, 0.3) is 0 Å². The first-order chi connectivity index (χ1) is 9.90. The molecule has 1 aliphatic carbocycles. The normalized spacial score (nSPS) is 19.3. The van der Waals surface area contributed by atoms with Crippen LogP contribution in [0.25, 0.3) is 5.82 Å². The maximum atomic E-state index is 4.75. The molecule has 0 N–H and O–H groups in total. The maximum Gasteiger partial charge on any atom is 0.157 e. The summed E-state index contributed by atoms with van der Waals surface area (Å²) in [6, 6.07) is 6.15. The van der Waals surface area contributed by atoms with Gasteiger partial charge in [0.2, 0.25) is 0 Å². The average molecular weight is 269 g/mol. The fourth-order valence-corrected chi connectivity index (χ4v) is 2.79. The Morgan fingerprint density at radius 2 is 1.80 bits per heavy atom. The topological polar surface area (TPSA) is 46.8 Å². The van der Waals surface area contributed by atoms with Crippen molar-refractivity contribution in [3.05, 3.63) is 30.1 Å². The summed E-state index contributed by atoms with van der Waals surface area (Å²) in [4.78, 5) is 7.11. The zero-order chi connectivity index (χ0) is 13.4. The van der Waals surface area contributed by atoms with E-state index in [-0.39, 0.29) is 0 Å². The molecule has 0 unspecified atom stereocenters. The van der Waals surface area contributed by atoms with Gasteiger partial charge < -0.3 is 4.90 Å². The second kappa shape index (κ2) is 4.89. The third kappa shape index (κ3) is 2.28. The van der Waals surface area contributed by atoms with Crippen molar-refractivity contribution >= 4 is 5.82 Å². The molecule has 0 aromatic carbocycles. The van der Waals surface area contributed by atoms with Crippen LogP contribution < -0.4 is 4.90 Å². The molecule has 2 aromatic rings. The first-order valence-corrected chi connectivity index (χ1v) is 7.55. The molecule has 0 radical (unpaired) electrons. The van der Waals surface area contributed by atoms with Crippen LogP contribution in [-0.4, -0.2) is 33.1 Å². The summed E-state index contributed by atoms with van der Waals surface area (Å²) in [6.07, 6.45) is 8.39. The zero-order valence-corrected chi connectivity index (χ0v) is 11.6. The van der Waals surface area contributed by atoms with E-state index in [9.17, 15) is 0 Å². The van der Waals surface area contributed by atoms with Crippen LogP contribution in [0, 0.1) is 0 Å². The minimum absolute atomic E-state index is 0.633. The van der Waals surface area contributed by atoms with Crippen LogP contribution in [0.5, 0.6) is 0 Å². The minimum atomic E-state index is 0.633. The third-order valence-corrected chi connectivity index (χ3v) is 4.14. The van der Waals surface area contributed by atoms with E-state index in [1.807, 2.05) is 12.3 Å². The van der Waals surface area contributed by atoms with E-state index in [0.29, 0.717) is 5.92 Å². The van der Waals surface area contributed by atoms with Gasteiger partial charge in [-0.05, 0) is 44.2 Å². The van der Waals surface area contributed by atoms with Crippen molar-refractivity contribution in [1.82, 2.24) is 20.0 Å². The van der Waals surface area contributed by atoms with E-state index in [2.05, 4.69) is 27.3 Å².